The molecule has 0 aromatic carbocycles. The molecule has 0 saturated carbocycles. The molecule has 1 aliphatic rings. The average molecular weight is 244 g/mol. The summed E-state index contributed by atoms with van der Waals surface area (Å²) in [5.41, 5.74) is -0.555. The van der Waals surface area contributed by atoms with E-state index in [9.17, 15) is 9.59 Å². The molecular weight excluding hydrogens is 224 g/mol. The number of Topliss-reactive ketones (excluding diaryl/α,β-unsaturated/α-hetero) is 1. The number of carbonyl (C=O) groups excluding carboxylic acids is 2. The van der Waals surface area contributed by atoms with Crippen LogP contribution in [0.2, 0.25) is 0 Å². The number of esters is 1. The Morgan fingerprint density at radius 1 is 1.47 bits per heavy atom. The molecule has 1 saturated heterocycles. The first-order valence-corrected chi connectivity index (χ1v) is 5.65. The summed E-state index contributed by atoms with van der Waals surface area (Å²) in [6.45, 7) is 8.73. The van der Waals surface area contributed by atoms with Crippen LogP contribution in [-0.4, -0.2) is 35.9 Å². The van der Waals surface area contributed by atoms with Gasteiger partial charge in [0.25, 0.3) is 0 Å². The first-order valence-electron chi connectivity index (χ1n) is 5.65. The summed E-state index contributed by atoms with van der Waals surface area (Å²) in [6, 6.07) is 0. The predicted octanol–water partition coefficient (Wildman–Crippen LogP) is 1.44. The molecule has 0 bridgehead atoms. The van der Waals surface area contributed by atoms with Crippen LogP contribution in [0.4, 0.5) is 0 Å². The molecule has 0 aliphatic carbocycles. The van der Waals surface area contributed by atoms with E-state index in [-0.39, 0.29) is 18.8 Å². The van der Waals surface area contributed by atoms with Crippen LogP contribution >= 0.6 is 0 Å². The molecule has 1 rings (SSSR count). The van der Waals surface area contributed by atoms with Crippen molar-refractivity contribution in [3.63, 3.8) is 0 Å². The van der Waals surface area contributed by atoms with Crippen molar-refractivity contribution in [3.8, 4) is 0 Å². The van der Waals surface area contributed by atoms with Crippen molar-refractivity contribution in [2.75, 3.05) is 6.61 Å². The summed E-state index contributed by atoms with van der Waals surface area (Å²) < 4.78 is 15.7. The van der Waals surface area contributed by atoms with Crippen LogP contribution in [0.3, 0.4) is 0 Å². The molecule has 1 fully saturated rings. The summed E-state index contributed by atoms with van der Waals surface area (Å²) >= 11 is 0. The van der Waals surface area contributed by atoms with Crippen molar-refractivity contribution >= 4 is 11.8 Å². The van der Waals surface area contributed by atoms with Crippen molar-refractivity contribution in [1.29, 1.82) is 0 Å². The van der Waals surface area contributed by atoms with Gasteiger partial charge in [-0.25, -0.2) is 0 Å². The Morgan fingerprint density at radius 2 is 2.06 bits per heavy atom. The van der Waals surface area contributed by atoms with E-state index in [1.807, 2.05) is 0 Å². The van der Waals surface area contributed by atoms with E-state index in [0.717, 1.165) is 0 Å². The molecule has 0 amide bonds. The van der Waals surface area contributed by atoms with Gasteiger partial charge in [0.1, 0.15) is 18.3 Å². The molecule has 98 valence electrons. The van der Waals surface area contributed by atoms with Crippen LogP contribution in [0.15, 0.2) is 0 Å². The van der Waals surface area contributed by atoms with Gasteiger partial charge in [-0.05, 0) is 34.6 Å². The lowest BCUT2D eigenvalue weighted by atomic mass is 10.1. The number of ether oxygens (including phenoxy) is 3. The fourth-order valence-electron chi connectivity index (χ4n) is 1.47. The zero-order chi connectivity index (χ0) is 13.3. The van der Waals surface area contributed by atoms with Gasteiger partial charge in [-0.2, -0.15) is 0 Å². The van der Waals surface area contributed by atoms with Gasteiger partial charge in [0.05, 0.1) is 6.42 Å². The first-order chi connectivity index (χ1) is 7.59. The molecule has 0 unspecified atom stereocenters. The van der Waals surface area contributed by atoms with Crippen LogP contribution in [0.5, 0.6) is 0 Å². The zero-order valence-electron chi connectivity index (χ0n) is 11.0. The molecule has 0 spiro atoms. The molecule has 5 nitrogen and oxygen atoms in total. The highest BCUT2D eigenvalue weighted by atomic mass is 16.7. The molecule has 0 radical (unpaired) electrons. The third-order valence-corrected chi connectivity index (χ3v) is 2.12. The lowest BCUT2D eigenvalue weighted by Gasteiger charge is -2.34. The summed E-state index contributed by atoms with van der Waals surface area (Å²) in [7, 11) is 0. The van der Waals surface area contributed by atoms with Crippen molar-refractivity contribution in [2.24, 2.45) is 0 Å². The van der Waals surface area contributed by atoms with E-state index in [1.54, 1.807) is 34.6 Å². The van der Waals surface area contributed by atoms with Gasteiger partial charge in [-0.15, -0.1) is 0 Å². The molecule has 1 heterocycles. The highest BCUT2D eigenvalue weighted by molar-refractivity contribution is 5.88. The highest BCUT2D eigenvalue weighted by Gasteiger charge is 2.37. The molecule has 0 aromatic heterocycles. The average Bonchev–Trinajstić information content (AvgIpc) is 2.07. The van der Waals surface area contributed by atoms with Crippen molar-refractivity contribution in [3.05, 3.63) is 0 Å². The standard InChI is InChI=1S/C12H20O5/c1-11(2,3)17-10(14)6-9-8(13)7-15-12(4,5)16-9/h9H,6-7H2,1-5H3/t9-/m1/s1. The number of hydrogen-bond acceptors (Lipinski definition) is 5. The van der Waals surface area contributed by atoms with Gasteiger partial charge in [0.2, 0.25) is 0 Å². The van der Waals surface area contributed by atoms with Crippen molar-refractivity contribution in [2.45, 2.75) is 58.5 Å². The molecule has 0 N–H and O–H groups in total. The minimum Gasteiger partial charge on any atom is -0.460 e. The molecule has 1 aliphatic heterocycles. The minimum absolute atomic E-state index is 0.0273. The molecular formula is C12H20O5. The second-order valence-corrected chi connectivity index (χ2v) is 5.55. The lowest BCUT2D eigenvalue weighted by molar-refractivity contribution is -0.259. The van der Waals surface area contributed by atoms with Crippen LogP contribution in [0.1, 0.15) is 41.0 Å². The number of hydrogen-bond donors (Lipinski definition) is 0. The monoisotopic (exact) mass is 244 g/mol. The number of ketones is 1. The van der Waals surface area contributed by atoms with Crippen molar-refractivity contribution in [1.82, 2.24) is 0 Å². The Labute approximate surface area is 101 Å². The van der Waals surface area contributed by atoms with Crippen LogP contribution in [-0.2, 0) is 23.8 Å². The van der Waals surface area contributed by atoms with E-state index in [2.05, 4.69) is 0 Å². The SMILES string of the molecule is CC(C)(C)OC(=O)C[C@H]1OC(C)(C)OCC1=O. The van der Waals surface area contributed by atoms with Gasteiger partial charge in [-0.1, -0.05) is 0 Å². The van der Waals surface area contributed by atoms with Crippen molar-refractivity contribution < 1.29 is 23.8 Å². The fourth-order valence-corrected chi connectivity index (χ4v) is 1.47. The second-order valence-electron chi connectivity index (χ2n) is 5.55. The molecule has 1 atom stereocenters. The molecule has 5 heteroatoms. The quantitative estimate of drug-likeness (QED) is 0.688. The van der Waals surface area contributed by atoms with Gasteiger partial charge in [0.15, 0.2) is 11.6 Å². The predicted molar refractivity (Wildman–Crippen MR) is 60.4 cm³/mol. The maximum Gasteiger partial charge on any atom is 0.309 e. The van der Waals surface area contributed by atoms with E-state index >= 15 is 0 Å². The van der Waals surface area contributed by atoms with E-state index in [4.69, 9.17) is 14.2 Å². The summed E-state index contributed by atoms with van der Waals surface area (Å²) in [5.74, 6) is -1.50. The third kappa shape index (κ3) is 4.83. The Hall–Kier alpha value is -0.940. The van der Waals surface area contributed by atoms with Crippen LogP contribution in [0, 0.1) is 0 Å². The smallest absolute Gasteiger partial charge is 0.309 e. The normalized spacial score (nSPS) is 24.5. The Bertz CT molecular complexity index is 313. The number of rotatable bonds is 2. The summed E-state index contributed by atoms with van der Waals surface area (Å²) in [5, 5.41) is 0. The van der Waals surface area contributed by atoms with E-state index in [1.165, 1.54) is 0 Å². The minimum atomic E-state index is -0.833. The van der Waals surface area contributed by atoms with Gasteiger partial charge in [-0.3, -0.25) is 9.59 Å². The van der Waals surface area contributed by atoms with Gasteiger partial charge < -0.3 is 14.2 Å². The lowest BCUT2D eigenvalue weighted by Crippen LogP contribution is -2.47. The van der Waals surface area contributed by atoms with Gasteiger partial charge in [0, 0.05) is 0 Å². The Morgan fingerprint density at radius 3 is 2.59 bits per heavy atom. The number of carbonyl (C=O) groups is 2. The Balaban J connectivity index is 2.55. The van der Waals surface area contributed by atoms with Crippen LogP contribution < -0.4 is 0 Å². The summed E-state index contributed by atoms with van der Waals surface area (Å²) in [6.07, 6.45) is -0.836. The van der Waals surface area contributed by atoms with Gasteiger partial charge >= 0.3 is 5.97 Å². The topological polar surface area (TPSA) is 61.8 Å². The van der Waals surface area contributed by atoms with E-state index in [0.29, 0.717) is 0 Å². The fraction of sp³-hybridized carbons (Fsp3) is 0.833. The first kappa shape index (κ1) is 14.1. The second kappa shape index (κ2) is 4.74. The summed E-state index contributed by atoms with van der Waals surface area (Å²) in [4.78, 5) is 23.1. The highest BCUT2D eigenvalue weighted by Crippen LogP contribution is 2.22. The molecule has 0 aromatic rings. The van der Waals surface area contributed by atoms with E-state index < -0.39 is 23.5 Å². The molecule has 17 heavy (non-hydrogen) atoms. The largest absolute Gasteiger partial charge is 0.460 e. The maximum absolute atomic E-state index is 11.6. The third-order valence-electron chi connectivity index (χ3n) is 2.12. The zero-order valence-corrected chi connectivity index (χ0v) is 11.0. The Kier molecular flexibility index (Phi) is 3.94. The van der Waals surface area contributed by atoms with Crippen LogP contribution in [0.25, 0.3) is 0 Å². The maximum atomic E-state index is 11.6.